The summed E-state index contributed by atoms with van der Waals surface area (Å²) in [5, 5.41) is 25.7. The van der Waals surface area contributed by atoms with Gasteiger partial charge >= 0.3 is 0 Å². The minimum Gasteiger partial charge on any atom is -0.387 e. The summed E-state index contributed by atoms with van der Waals surface area (Å²) in [6.45, 7) is 0.422. The molecule has 0 saturated carbocycles. The van der Waals surface area contributed by atoms with Crippen molar-refractivity contribution in [2.45, 2.75) is 12.0 Å². The van der Waals surface area contributed by atoms with E-state index in [2.05, 4.69) is 5.32 Å². The number of nitro benzene ring substituents is 1. The Morgan fingerprint density at radius 2 is 1.91 bits per heavy atom. The van der Waals surface area contributed by atoms with E-state index in [0.29, 0.717) is 16.6 Å². The molecule has 0 amide bonds. The summed E-state index contributed by atoms with van der Waals surface area (Å²) in [5.74, 6) is -0.407. The zero-order valence-electron chi connectivity index (χ0n) is 12.4. The molecule has 23 heavy (non-hydrogen) atoms. The lowest BCUT2D eigenvalue weighted by atomic mass is 9.88. The molecule has 7 heteroatoms. The van der Waals surface area contributed by atoms with Gasteiger partial charge in [-0.25, -0.2) is 0 Å². The van der Waals surface area contributed by atoms with Gasteiger partial charge in [-0.05, 0) is 30.8 Å². The lowest BCUT2D eigenvalue weighted by Crippen LogP contribution is -2.23. The first kappa shape index (κ1) is 17.7. The van der Waals surface area contributed by atoms with Gasteiger partial charge in [0.15, 0.2) is 0 Å². The Labute approximate surface area is 144 Å². The second kappa shape index (κ2) is 7.75. The Kier molecular flexibility index (Phi) is 5.96. The third kappa shape index (κ3) is 4.00. The zero-order valence-corrected chi connectivity index (χ0v) is 13.9. The van der Waals surface area contributed by atoms with Crippen molar-refractivity contribution in [2.75, 3.05) is 13.6 Å². The summed E-state index contributed by atoms with van der Waals surface area (Å²) in [6, 6.07) is 11.2. The summed E-state index contributed by atoms with van der Waals surface area (Å²) in [7, 11) is 1.75. The van der Waals surface area contributed by atoms with E-state index in [1.165, 1.54) is 6.07 Å². The van der Waals surface area contributed by atoms with Crippen molar-refractivity contribution in [2.24, 2.45) is 0 Å². The van der Waals surface area contributed by atoms with Gasteiger partial charge in [0.05, 0.1) is 26.6 Å². The van der Waals surface area contributed by atoms with Crippen LogP contribution in [0.5, 0.6) is 0 Å². The molecule has 2 rings (SSSR count). The Hall–Kier alpha value is -1.66. The van der Waals surface area contributed by atoms with Gasteiger partial charge in [-0.2, -0.15) is 0 Å². The average molecular weight is 355 g/mol. The van der Waals surface area contributed by atoms with Crippen LogP contribution in [0.15, 0.2) is 42.5 Å². The molecule has 0 fully saturated rings. The molecule has 5 nitrogen and oxygen atoms in total. The molecule has 0 heterocycles. The van der Waals surface area contributed by atoms with E-state index in [1.807, 2.05) is 0 Å². The zero-order chi connectivity index (χ0) is 17.0. The highest BCUT2D eigenvalue weighted by Crippen LogP contribution is 2.37. The number of rotatable bonds is 6. The quantitative estimate of drug-likeness (QED) is 0.608. The number of para-hydroxylation sites is 1. The fourth-order valence-electron chi connectivity index (χ4n) is 2.50. The van der Waals surface area contributed by atoms with Gasteiger partial charge in [-0.15, -0.1) is 0 Å². The van der Waals surface area contributed by atoms with Crippen molar-refractivity contribution in [1.82, 2.24) is 5.32 Å². The van der Waals surface area contributed by atoms with Crippen LogP contribution in [0.4, 0.5) is 5.69 Å². The molecule has 0 unspecified atom stereocenters. The fraction of sp³-hybridized carbons (Fsp3) is 0.250. The molecule has 2 N–H and O–H groups in total. The molecule has 0 saturated heterocycles. The number of hydrogen-bond acceptors (Lipinski definition) is 4. The summed E-state index contributed by atoms with van der Waals surface area (Å²) >= 11 is 12.0. The summed E-state index contributed by atoms with van der Waals surface area (Å²) in [4.78, 5) is 10.7. The van der Waals surface area contributed by atoms with Crippen molar-refractivity contribution in [3.63, 3.8) is 0 Å². The summed E-state index contributed by atoms with van der Waals surface area (Å²) in [5.41, 5.74) is 0.907. The number of hydrogen-bond donors (Lipinski definition) is 2. The van der Waals surface area contributed by atoms with Crippen LogP contribution >= 0.6 is 23.2 Å². The molecular formula is C16H16Cl2N2O3. The highest BCUT2D eigenvalue weighted by Gasteiger charge is 2.28. The van der Waals surface area contributed by atoms with E-state index in [4.69, 9.17) is 23.2 Å². The highest BCUT2D eigenvalue weighted by atomic mass is 35.5. The Bertz CT molecular complexity index is 709. The Morgan fingerprint density at radius 3 is 2.52 bits per heavy atom. The van der Waals surface area contributed by atoms with Gasteiger partial charge in [0.25, 0.3) is 5.69 Å². The number of aliphatic hydroxyl groups excluding tert-OH is 1. The molecule has 0 aliphatic rings. The van der Waals surface area contributed by atoms with Gasteiger partial charge in [-0.3, -0.25) is 10.1 Å². The average Bonchev–Trinajstić information content (AvgIpc) is 2.54. The lowest BCUT2D eigenvalue weighted by molar-refractivity contribution is -0.386. The first-order chi connectivity index (χ1) is 11.0. The number of likely N-dealkylation sites (N-methyl/N-ethyl adjacent to an activating group) is 1. The normalized spacial score (nSPS) is 13.6. The van der Waals surface area contributed by atoms with Crippen LogP contribution in [0.2, 0.25) is 10.0 Å². The molecular weight excluding hydrogens is 339 g/mol. The number of benzene rings is 2. The fourth-order valence-corrected chi connectivity index (χ4v) is 2.80. The molecule has 0 radical (unpaired) electrons. The van der Waals surface area contributed by atoms with Crippen LogP contribution in [0, 0.1) is 10.1 Å². The molecule has 2 aromatic carbocycles. The van der Waals surface area contributed by atoms with Gasteiger partial charge in [-0.1, -0.05) is 41.4 Å². The van der Waals surface area contributed by atoms with Gasteiger partial charge in [0, 0.05) is 18.5 Å². The standard InChI is InChI=1S/C16H16Cl2N2O3/c1-19-9-12(10-6-7-13(17)14(18)8-10)16(21)11-4-2-3-5-15(11)20(22)23/h2-8,12,16,19,21H,9H2,1H3/t12-,16+/m1/s1. The molecule has 0 bridgehead atoms. The van der Waals surface area contributed by atoms with Crippen molar-refractivity contribution in [3.8, 4) is 0 Å². The molecule has 122 valence electrons. The minimum absolute atomic E-state index is 0.110. The second-order valence-corrected chi connectivity index (χ2v) is 5.91. The van der Waals surface area contributed by atoms with Crippen LogP contribution in [0.1, 0.15) is 23.1 Å². The number of nitrogens with one attached hydrogen (secondary N) is 1. The summed E-state index contributed by atoms with van der Waals surface area (Å²) < 4.78 is 0. The van der Waals surface area contributed by atoms with Crippen molar-refractivity contribution >= 4 is 28.9 Å². The van der Waals surface area contributed by atoms with E-state index in [1.54, 1.807) is 43.4 Å². The SMILES string of the molecule is CNC[C@H](c1ccc(Cl)c(Cl)c1)[C@@H](O)c1ccccc1[N+](=O)[O-]. The van der Waals surface area contributed by atoms with Crippen molar-refractivity contribution in [3.05, 3.63) is 73.8 Å². The number of nitro groups is 1. The first-order valence-corrected chi connectivity index (χ1v) is 7.72. The third-order valence-electron chi connectivity index (χ3n) is 3.63. The molecule has 0 spiro atoms. The van der Waals surface area contributed by atoms with E-state index >= 15 is 0 Å². The van der Waals surface area contributed by atoms with Gasteiger partial charge < -0.3 is 10.4 Å². The maximum absolute atomic E-state index is 11.2. The maximum Gasteiger partial charge on any atom is 0.275 e. The van der Waals surface area contributed by atoms with E-state index in [9.17, 15) is 15.2 Å². The van der Waals surface area contributed by atoms with Crippen molar-refractivity contribution in [1.29, 1.82) is 0 Å². The minimum atomic E-state index is -1.05. The van der Waals surface area contributed by atoms with Crippen molar-refractivity contribution < 1.29 is 10.0 Å². The highest BCUT2D eigenvalue weighted by molar-refractivity contribution is 6.42. The predicted molar refractivity (Wildman–Crippen MR) is 91.2 cm³/mol. The lowest BCUT2D eigenvalue weighted by Gasteiger charge is -2.24. The second-order valence-electron chi connectivity index (χ2n) is 5.10. The monoisotopic (exact) mass is 354 g/mol. The number of aliphatic hydroxyl groups is 1. The maximum atomic E-state index is 11.2. The van der Waals surface area contributed by atoms with E-state index in [-0.39, 0.29) is 11.3 Å². The number of halogens is 2. The predicted octanol–water partition coefficient (Wildman–Crippen LogP) is 3.94. The smallest absolute Gasteiger partial charge is 0.275 e. The molecule has 0 aliphatic carbocycles. The van der Waals surface area contributed by atoms with Crippen LogP contribution < -0.4 is 5.32 Å². The molecule has 0 aliphatic heterocycles. The molecule has 2 aromatic rings. The van der Waals surface area contributed by atoms with E-state index < -0.39 is 16.9 Å². The van der Waals surface area contributed by atoms with Gasteiger partial charge in [0.1, 0.15) is 0 Å². The Morgan fingerprint density at radius 1 is 1.22 bits per heavy atom. The van der Waals surface area contributed by atoms with Crippen LogP contribution in [0.25, 0.3) is 0 Å². The third-order valence-corrected chi connectivity index (χ3v) is 4.37. The van der Waals surface area contributed by atoms with Crippen LogP contribution in [0.3, 0.4) is 0 Å². The largest absolute Gasteiger partial charge is 0.387 e. The van der Waals surface area contributed by atoms with Crippen LogP contribution in [-0.2, 0) is 0 Å². The molecule has 0 aromatic heterocycles. The Balaban J connectivity index is 2.45. The van der Waals surface area contributed by atoms with Crippen LogP contribution in [-0.4, -0.2) is 23.6 Å². The topological polar surface area (TPSA) is 75.4 Å². The van der Waals surface area contributed by atoms with E-state index in [0.717, 1.165) is 5.56 Å². The number of nitrogens with zero attached hydrogens (tertiary/aromatic N) is 1. The first-order valence-electron chi connectivity index (χ1n) is 6.96. The van der Waals surface area contributed by atoms with Gasteiger partial charge in [0.2, 0.25) is 0 Å². The summed E-state index contributed by atoms with van der Waals surface area (Å²) in [6.07, 6.45) is -1.05. The molecule has 2 atom stereocenters.